The molecule has 3 N–H and O–H groups in total. The van der Waals surface area contributed by atoms with Gasteiger partial charge in [-0.15, -0.1) is 0 Å². The summed E-state index contributed by atoms with van der Waals surface area (Å²) in [6.07, 6.45) is 0. The number of rotatable bonds is 9. The first-order valence-corrected chi connectivity index (χ1v) is 10.9. The largest absolute Gasteiger partial charge is 0.457 e. The number of nitrogens with one attached hydrogen (secondary N) is 3. The molecule has 0 heterocycles. The summed E-state index contributed by atoms with van der Waals surface area (Å²) in [6, 6.07) is 33.5. The van der Waals surface area contributed by atoms with Crippen molar-refractivity contribution in [3.63, 3.8) is 0 Å². The van der Waals surface area contributed by atoms with Crippen LogP contribution in [-0.2, 0) is 11.3 Å². The van der Waals surface area contributed by atoms with Crippen LogP contribution in [0.5, 0.6) is 11.5 Å². The predicted octanol–water partition coefficient (Wildman–Crippen LogP) is 5.46. The fourth-order valence-electron chi connectivity index (χ4n) is 3.24. The van der Waals surface area contributed by atoms with Gasteiger partial charge in [-0.25, -0.2) is 0 Å². The highest BCUT2D eigenvalue weighted by Gasteiger charge is 2.07. The molecule has 34 heavy (non-hydrogen) atoms. The molecule has 2 amide bonds. The second kappa shape index (κ2) is 11.3. The minimum absolute atomic E-state index is 0.109. The molecule has 0 bridgehead atoms. The Labute approximate surface area is 198 Å². The predicted molar refractivity (Wildman–Crippen MR) is 134 cm³/mol. The third kappa shape index (κ3) is 6.71. The van der Waals surface area contributed by atoms with Crippen LogP contribution in [0, 0.1) is 0 Å². The second-order valence-corrected chi connectivity index (χ2v) is 7.59. The topological polar surface area (TPSA) is 79.5 Å². The lowest BCUT2D eigenvalue weighted by Crippen LogP contribution is -2.23. The second-order valence-electron chi connectivity index (χ2n) is 7.59. The van der Waals surface area contributed by atoms with Gasteiger partial charge in [0.1, 0.15) is 11.5 Å². The van der Waals surface area contributed by atoms with Gasteiger partial charge in [0.2, 0.25) is 5.91 Å². The number of carbonyl (C=O) groups is 2. The van der Waals surface area contributed by atoms with Crippen molar-refractivity contribution in [2.45, 2.75) is 6.54 Å². The minimum Gasteiger partial charge on any atom is -0.457 e. The van der Waals surface area contributed by atoms with Crippen molar-refractivity contribution in [2.24, 2.45) is 0 Å². The molecular weight excluding hydrogens is 426 g/mol. The molecule has 4 aromatic rings. The summed E-state index contributed by atoms with van der Waals surface area (Å²) in [5.74, 6) is 1.13. The molecule has 0 fully saturated rings. The molecule has 170 valence electrons. The SMILES string of the molecule is O=C(CNc1ccc(Oc2ccccc2)cc1)Nc1ccc(C(=O)NCc2ccccc2)cc1. The molecule has 0 aliphatic carbocycles. The Morgan fingerprint density at radius 3 is 1.91 bits per heavy atom. The van der Waals surface area contributed by atoms with E-state index in [0.717, 1.165) is 17.0 Å². The highest BCUT2D eigenvalue weighted by Crippen LogP contribution is 2.22. The lowest BCUT2D eigenvalue weighted by molar-refractivity contribution is -0.114. The molecule has 4 aromatic carbocycles. The van der Waals surface area contributed by atoms with E-state index in [1.54, 1.807) is 24.3 Å². The summed E-state index contributed by atoms with van der Waals surface area (Å²) >= 11 is 0. The van der Waals surface area contributed by atoms with Crippen LogP contribution in [0.25, 0.3) is 0 Å². The molecule has 0 atom stereocenters. The fourth-order valence-corrected chi connectivity index (χ4v) is 3.24. The van der Waals surface area contributed by atoms with Gasteiger partial charge in [-0.1, -0.05) is 48.5 Å². The van der Waals surface area contributed by atoms with E-state index in [1.807, 2.05) is 84.9 Å². The summed E-state index contributed by atoms with van der Waals surface area (Å²) in [7, 11) is 0. The highest BCUT2D eigenvalue weighted by molar-refractivity contribution is 5.96. The van der Waals surface area contributed by atoms with Gasteiger partial charge in [-0.2, -0.15) is 0 Å². The summed E-state index contributed by atoms with van der Waals surface area (Å²) in [5, 5.41) is 8.79. The van der Waals surface area contributed by atoms with Gasteiger partial charge >= 0.3 is 0 Å². The molecule has 0 saturated heterocycles. The number of ether oxygens (including phenoxy) is 1. The van der Waals surface area contributed by atoms with Gasteiger partial charge in [0.25, 0.3) is 5.91 Å². The molecule has 0 spiro atoms. The molecule has 4 rings (SSSR count). The first kappa shape index (κ1) is 22.6. The Kier molecular flexibility index (Phi) is 7.54. The van der Waals surface area contributed by atoms with E-state index in [1.165, 1.54) is 0 Å². The average molecular weight is 452 g/mol. The van der Waals surface area contributed by atoms with Crippen molar-refractivity contribution in [1.29, 1.82) is 0 Å². The van der Waals surface area contributed by atoms with E-state index < -0.39 is 0 Å². The molecule has 0 radical (unpaired) electrons. The molecule has 6 nitrogen and oxygen atoms in total. The minimum atomic E-state index is -0.189. The highest BCUT2D eigenvalue weighted by atomic mass is 16.5. The standard InChI is InChI=1S/C28H25N3O3/c32-27(20-29-23-15-17-26(18-16-23)34-25-9-5-2-6-10-25)31-24-13-11-22(12-14-24)28(33)30-19-21-7-3-1-4-8-21/h1-18,29H,19-20H2,(H,30,33)(H,31,32). The van der Waals surface area contributed by atoms with Gasteiger partial charge in [0.05, 0.1) is 6.54 Å². The Hall–Kier alpha value is -4.58. The van der Waals surface area contributed by atoms with Crippen LogP contribution in [0.15, 0.2) is 109 Å². The van der Waals surface area contributed by atoms with Crippen LogP contribution in [0.3, 0.4) is 0 Å². The van der Waals surface area contributed by atoms with Crippen LogP contribution in [0.4, 0.5) is 11.4 Å². The first-order valence-electron chi connectivity index (χ1n) is 10.9. The normalized spacial score (nSPS) is 10.2. The summed E-state index contributed by atoms with van der Waals surface area (Å²) in [5.41, 5.74) is 2.99. The van der Waals surface area contributed by atoms with Gasteiger partial charge in [-0.3, -0.25) is 9.59 Å². The third-order valence-electron chi connectivity index (χ3n) is 5.01. The van der Waals surface area contributed by atoms with E-state index in [0.29, 0.717) is 23.5 Å². The summed E-state index contributed by atoms with van der Waals surface area (Å²) in [6.45, 7) is 0.571. The number of anilines is 2. The van der Waals surface area contributed by atoms with E-state index in [4.69, 9.17) is 4.74 Å². The Bertz CT molecular complexity index is 1210. The molecule has 0 aliphatic heterocycles. The number of amides is 2. The number of para-hydroxylation sites is 1. The maximum atomic E-state index is 12.3. The van der Waals surface area contributed by atoms with E-state index in [-0.39, 0.29) is 18.4 Å². The number of hydrogen-bond acceptors (Lipinski definition) is 4. The van der Waals surface area contributed by atoms with Crippen molar-refractivity contribution in [3.8, 4) is 11.5 Å². The van der Waals surface area contributed by atoms with Gasteiger partial charge in [-0.05, 0) is 66.2 Å². The number of carbonyl (C=O) groups excluding carboxylic acids is 2. The van der Waals surface area contributed by atoms with Crippen LogP contribution < -0.4 is 20.7 Å². The van der Waals surface area contributed by atoms with E-state index in [9.17, 15) is 9.59 Å². The van der Waals surface area contributed by atoms with Crippen LogP contribution in [0.1, 0.15) is 15.9 Å². The van der Waals surface area contributed by atoms with Crippen molar-refractivity contribution in [1.82, 2.24) is 5.32 Å². The quantitative estimate of drug-likeness (QED) is 0.316. The van der Waals surface area contributed by atoms with Crippen molar-refractivity contribution in [3.05, 3.63) is 120 Å². The van der Waals surface area contributed by atoms with Gasteiger partial charge in [0, 0.05) is 23.5 Å². The monoisotopic (exact) mass is 451 g/mol. The molecule has 6 heteroatoms. The average Bonchev–Trinajstić information content (AvgIpc) is 2.88. The van der Waals surface area contributed by atoms with Crippen molar-refractivity contribution < 1.29 is 14.3 Å². The molecule has 0 aromatic heterocycles. The van der Waals surface area contributed by atoms with Gasteiger partial charge in [0.15, 0.2) is 0 Å². The Morgan fingerprint density at radius 1 is 0.647 bits per heavy atom. The lowest BCUT2D eigenvalue weighted by Gasteiger charge is -2.10. The maximum absolute atomic E-state index is 12.3. The Morgan fingerprint density at radius 2 is 1.24 bits per heavy atom. The number of benzene rings is 4. The van der Waals surface area contributed by atoms with Crippen molar-refractivity contribution >= 4 is 23.2 Å². The lowest BCUT2D eigenvalue weighted by atomic mass is 10.1. The van der Waals surface area contributed by atoms with Crippen LogP contribution in [0.2, 0.25) is 0 Å². The molecule has 0 saturated carbocycles. The smallest absolute Gasteiger partial charge is 0.251 e. The number of hydrogen-bond donors (Lipinski definition) is 3. The van der Waals surface area contributed by atoms with E-state index in [2.05, 4.69) is 16.0 Å². The van der Waals surface area contributed by atoms with Crippen LogP contribution in [-0.4, -0.2) is 18.4 Å². The van der Waals surface area contributed by atoms with Crippen LogP contribution >= 0.6 is 0 Å². The van der Waals surface area contributed by atoms with E-state index >= 15 is 0 Å². The van der Waals surface area contributed by atoms with Crippen molar-refractivity contribution in [2.75, 3.05) is 17.2 Å². The summed E-state index contributed by atoms with van der Waals surface area (Å²) < 4.78 is 5.77. The molecular formula is C28H25N3O3. The zero-order valence-corrected chi connectivity index (χ0v) is 18.5. The summed E-state index contributed by atoms with van der Waals surface area (Å²) in [4.78, 5) is 24.6. The zero-order valence-electron chi connectivity index (χ0n) is 18.5. The molecule has 0 unspecified atom stereocenters. The fraction of sp³-hybridized carbons (Fsp3) is 0.0714. The maximum Gasteiger partial charge on any atom is 0.251 e. The van der Waals surface area contributed by atoms with Gasteiger partial charge < -0.3 is 20.7 Å². The zero-order chi connectivity index (χ0) is 23.6. The third-order valence-corrected chi connectivity index (χ3v) is 5.01. The molecule has 0 aliphatic rings. The Balaban J connectivity index is 1.22. The first-order chi connectivity index (χ1) is 16.7.